The number of nitrogens with one attached hydrogen (secondary N) is 1. The largest absolute Gasteiger partial charge is 0.361 e. The molecule has 0 aliphatic rings. The Hall–Kier alpha value is -3.80. The van der Waals surface area contributed by atoms with Gasteiger partial charge in [-0.15, -0.1) is 0 Å². The first-order valence-corrected chi connectivity index (χ1v) is 9.01. The number of benzene rings is 2. The topological polar surface area (TPSA) is 76.5 Å². The van der Waals surface area contributed by atoms with Crippen molar-refractivity contribution in [2.24, 2.45) is 7.05 Å². The van der Waals surface area contributed by atoms with Crippen molar-refractivity contribution in [3.63, 3.8) is 0 Å². The quantitative estimate of drug-likeness (QED) is 0.488. The lowest BCUT2D eigenvalue weighted by atomic mass is 10.0. The number of aromatic amines is 1. The SMILES string of the molecule is Cn1cc(-c2ccc3nnc(CC(=O)c4ccc5[nH]ccc5c4)cc3c2)cn1. The molecule has 6 heteroatoms. The highest BCUT2D eigenvalue weighted by molar-refractivity contribution is 6.00. The van der Waals surface area contributed by atoms with Gasteiger partial charge in [-0.1, -0.05) is 6.07 Å². The molecule has 0 bridgehead atoms. The Morgan fingerprint density at radius 2 is 1.93 bits per heavy atom. The zero-order chi connectivity index (χ0) is 19.1. The number of aryl methyl sites for hydroxylation is 1. The summed E-state index contributed by atoms with van der Waals surface area (Å²) in [6, 6.07) is 15.6. The van der Waals surface area contributed by atoms with Crippen LogP contribution in [0.4, 0.5) is 0 Å². The molecule has 1 N–H and O–H groups in total. The van der Waals surface area contributed by atoms with Gasteiger partial charge >= 0.3 is 0 Å². The molecule has 2 aromatic carbocycles. The molecule has 0 fully saturated rings. The highest BCUT2D eigenvalue weighted by Gasteiger charge is 2.11. The standard InChI is InChI=1S/C22H17N5O/c1-27-13-18(12-24-27)14-2-5-21-17(8-14)10-19(25-26-21)11-22(28)16-3-4-20-15(9-16)6-7-23-20/h2-10,12-13,23H,11H2,1H3. The van der Waals surface area contributed by atoms with Crippen molar-refractivity contribution in [1.29, 1.82) is 0 Å². The molecule has 0 radical (unpaired) electrons. The number of hydrogen-bond donors (Lipinski definition) is 1. The Balaban J connectivity index is 1.45. The van der Waals surface area contributed by atoms with Gasteiger partial charge in [0.25, 0.3) is 0 Å². The van der Waals surface area contributed by atoms with Crippen LogP contribution >= 0.6 is 0 Å². The molecule has 0 saturated carbocycles. The van der Waals surface area contributed by atoms with E-state index in [1.807, 2.05) is 68.1 Å². The number of rotatable bonds is 4. The molecular weight excluding hydrogens is 350 g/mol. The Labute approximate surface area is 160 Å². The van der Waals surface area contributed by atoms with Gasteiger partial charge in [-0.25, -0.2) is 0 Å². The monoisotopic (exact) mass is 367 g/mol. The van der Waals surface area contributed by atoms with E-state index >= 15 is 0 Å². The summed E-state index contributed by atoms with van der Waals surface area (Å²) in [5.41, 5.74) is 5.26. The molecule has 28 heavy (non-hydrogen) atoms. The maximum absolute atomic E-state index is 12.7. The second-order valence-electron chi connectivity index (χ2n) is 6.89. The van der Waals surface area contributed by atoms with Gasteiger partial charge in [0.2, 0.25) is 0 Å². The summed E-state index contributed by atoms with van der Waals surface area (Å²) in [5.74, 6) is 0.0279. The molecule has 0 amide bonds. The first-order valence-electron chi connectivity index (χ1n) is 9.01. The second-order valence-corrected chi connectivity index (χ2v) is 6.89. The number of fused-ring (bicyclic) bond motifs is 2. The zero-order valence-electron chi connectivity index (χ0n) is 15.3. The maximum Gasteiger partial charge on any atom is 0.168 e. The van der Waals surface area contributed by atoms with E-state index in [9.17, 15) is 4.79 Å². The van der Waals surface area contributed by atoms with Crippen LogP contribution in [-0.2, 0) is 13.5 Å². The van der Waals surface area contributed by atoms with Crippen molar-refractivity contribution in [2.75, 3.05) is 0 Å². The predicted octanol–water partition coefficient (Wildman–Crippen LogP) is 3.94. The molecular formula is C22H17N5O. The number of H-pyrrole nitrogens is 1. The van der Waals surface area contributed by atoms with Gasteiger partial charge in [0, 0.05) is 46.9 Å². The molecule has 3 aromatic heterocycles. The fourth-order valence-electron chi connectivity index (χ4n) is 3.42. The Kier molecular flexibility index (Phi) is 3.76. The second kappa shape index (κ2) is 6.42. The van der Waals surface area contributed by atoms with E-state index in [4.69, 9.17) is 0 Å². The molecule has 136 valence electrons. The van der Waals surface area contributed by atoms with Gasteiger partial charge < -0.3 is 4.98 Å². The third-order valence-electron chi connectivity index (χ3n) is 4.89. The van der Waals surface area contributed by atoms with Crippen molar-refractivity contribution in [2.45, 2.75) is 6.42 Å². The Morgan fingerprint density at radius 1 is 1.00 bits per heavy atom. The molecule has 5 aromatic rings. The van der Waals surface area contributed by atoms with Crippen LogP contribution in [0.25, 0.3) is 32.9 Å². The first kappa shape index (κ1) is 16.4. The lowest BCUT2D eigenvalue weighted by Crippen LogP contribution is -2.06. The van der Waals surface area contributed by atoms with Crippen LogP contribution in [0.2, 0.25) is 0 Å². The van der Waals surface area contributed by atoms with E-state index in [2.05, 4.69) is 26.3 Å². The van der Waals surface area contributed by atoms with E-state index in [-0.39, 0.29) is 12.2 Å². The van der Waals surface area contributed by atoms with E-state index in [1.165, 1.54) is 0 Å². The normalized spacial score (nSPS) is 11.3. The molecule has 0 aliphatic heterocycles. The summed E-state index contributed by atoms with van der Waals surface area (Å²) in [5, 5.41) is 14.7. The van der Waals surface area contributed by atoms with Gasteiger partial charge in [-0.2, -0.15) is 15.3 Å². The van der Waals surface area contributed by atoms with Gasteiger partial charge in [0.05, 0.1) is 23.8 Å². The average molecular weight is 367 g/mol. The van der Waals surface area contributed by atoms with E-state index in [0.29, 0.717) is 11.3 Å². The van der Waals surface area contributed by atoms with Crippen LogP contribution in [0.3, 0.4) is 0 Å². The Morgan fingerprint density at radius 3 is 2.79 bits per heavy atom. The van der Waals surface area contributed by atoms with Crippen molar-refractivity contribution >= 4 is 27.6 Å². The number of Topliss-reactive ketones (excluding diaryl/α,β-unsaturated/α-hetero) is 1. The van der Waals surface area contributed by atoms with E-state index in [0.717, 1.165) is 32.9 Å². The number of ketones is 1. The lowest BCUT2D eigenvalue weighted by Gasteiger charge is -2.04. The first-order chi connectivity index (χ1) is 13.7. The van der Waals surface area contributed by atoms with Gasteiger partial charge in [-0.3, -0.25) is 9.48 Å². The van der Waals surface area contributed by atoms with Crippen LogP contribution in [0.15, 0.2) is 67.1 Å². The van der Waals surface area contributed by atoms with Crippen LogP contribution in [0.1, 0.15) is 16.1 Å². The molecule has 0 aliphatic carbocycles. The van der Waals surface area contributed by atoms with Crippen LogP contribution in [-0.4, -0.2) is 30.7 Å². The molecule has 0 atom stereocenters. The Bertz CT molecular complexity index is 1330. The van der Waals surface area contributed by atoms with Gasteiger partial charge in [0.15, 0.2) is 5.78 Å². The third kappa shape index (κ3) is 2.95. The van der Waals surface area contributed by atoms with Gasteiger partial charge in [0.1, 0.15) is 0 Å². The van der Waals surface area contributed by atoms with Crippen molar-refractivity contribution in [3.8, 4) is 11.1 Å². The van der Waals surface area contributed by atoms with E-state index < -0.39 is 0 Å². The number of carbonyl (C=O) groups excluding carboxylic acids is 1. The van der Waals surface area contributed by atoms with Crippen LogP contribution in [0, 0.1) is 0 Å². The van der Waals surface area contributed by atoms with Crippen molar-refractivity contribution < 1.29 is 4.79 Å². The van der Waals surface area contributed by atoms with Crippen molar-refractivity contribution in [3.05, 3.63) is 78.4 Å². The maximum atomic E-state index is 12.7. The summed E-state index contributed by atoms with van der Waals surface area (Å²) in [6.45, 7) is 0. The summed E-state index contributed by atoms with van der Waals surface area (Å²) in [4.78, 5) is 15.9. The smallest absolute Gasteiger partial charge is 0.168 e. The predicted molar refractivity (Wildman–Crippen MR) is 108 cm³/mol. The number of hydrogen-bond acceptors (Lipinski definition) is 4. The summed E-state index contributed by atoms with van der Waals surface area (Å²) < 4.78 is 1.77. The minimum atomic E-state index is 0.0279. The number of nitrogens with zero attached hydrogens (tertiary/aromatic N) is 4. The highest BCUT2D eigenvalue weighted by atomic mass is 16.1. The van der Waals surface area contributed by atoms with Gasteiger partial charge in [-0.05, 0) is 48.0 Å². The number of carbonyl (C=O) groups is 1. The lowest BCUT2D eigenvalue weighted by molar-refractivity contribution is 0.0992. The molecule has 6 nitrogen and oxygen atoms in total. The number of aromatic nitrogens is 5. The summed E-state index contributed by atoms with van der Waals surface area (Å²) in [6.07, 6.45) is 5.89. The summed E-state index contributed by atoms with van der Waals surface area (Å²) >= 11 is 0. The minimum Gasteiger partial charge on any atom is -0.361 e. The fraction of sp³-hybridized carbons (Fsp3) is 0.0909. The molecule has 0 saturated heterocycles. The average Bonchev–Trinajstić information content (AvgIpc) is 3.35. The zero-order valence-corrected chi connectivity index (χ0v) is 15.3. The van der Waals surface area contributed by atoms with E-state index in [1.54, 1.807) is 4.68 Å². The molecule has 3 heterocycles. The minimum absolute atomic E-state index is 0.0279. The van der Waals surface area contributed by atoms with Crippen molar-refractivity contribution in [1.82, 2.24) is 25.0 Å². The third-order valence-corrected chi connectivity index (χ3v) is 4.89. The highest BCUT2D eigenvalue weighted by Crippen LogP contribution is 2.23. The van der Waals surface area contributed by atoms with Crippen LogP contribution < -0.4 is 0 Å². The fourth-order valence-corrected chi connectivity index (χ4v) is 3.42. The van der Waals surface area contributed by atoms with Crippen LogP contribution in [0.5, 0.6) is 0 Å². The molecule has 5 rings (SSSR count). The molecule has 0 spiro atoms. The summed E-state index contributed by atoms with van der Waals surface area (Å²) in [7, 11) is 1.89. The molecule has 0 unspecified atom stereocenters.